The van der Waals surface area contributed by atoms with Gasteiger partial charge in [-0.15, -0.1) is 0 Å². The van der Waals surface area contributed by atoms with Gasteiger partial charge in [-0.2, -0.15) is 5.10 Å². The molecule has 0 unspecified atom stereocenters. The minimum Gasteiger partial charge on any atom is -0.293 e. The number of hydrogen-bond donors (Lipinski definition) is 0. The van der Waals surface area contributed by atoms with Crippen LogP contribution in [0.1, 0.15) is 18.1 Å². The van der Waals surface area contributed by atoms with Crippen LogP contribution >= 0.6 is 23.2 Å². The molecule has 6 nitrogen and oxygen atoms in total. The van der Waals surface area contributed by atoms with Crippen LogP contribution in [0.15, 0.2) is 41.5 Å². The number of nitrogens with zero attached hydrogens (tertiary/aromatic N) is 3. The second-order valence-corrected chi connectivity index (χ2v) is 7.90. The quantitative estimate of drug-likeness (QED) is 0.692. The summed E-state index contributed by atoms with van der Waals surface area (Å²) in [6, 6.07) is 9.31. The first-order valence-corrected chi connectivity index (χ1v) is 9.76. The third-order valence-electron chi connectivity index (χ3n) is 5.38. The summed E-state index contributed by atoms with van der Waals surface area (Å²) in [5, 5.41) is 6.76. The minimum atomic E-state index is -0.975. The molecule has 8 heteroatoms. The van der Waals surface area contributed by atoms with Crippen molar-refractivity contribution in [2.75, 3.05) is 9.91 Å². The van der Waals surface area contributed by atoms with Crippen LogP contribution in [0.2, 0.25) is 10.0 Å². The summed E-state index contributed by atoms with van der Waals surface area (Å²) in [6.07, 6.45) is 0. The number of fused-ring (bicyclic) bond motifs is 1. The van der Waals surface area contributed by atoms with Gasteiger partial charge in [0.05, 0.1) is 11.4 Å². The lowest BCUT2D eigenvalue weighted by Crippen LogP contribution is -2.39. The number of amides is 2. The van der Waals surface area contributed by atoms with Crippen LogP contribution in [-0.2, 0) is 14.4 Å². The fourth-order valence-corrected chi connectivity index (χ4v) is 4.16. The summed E-state index contributed by atoms with van der Waals surface area (Å²) in [7, 11) is 0. The van der Waals surface area contributed by atoms with Gasteiger partial charge in [0.1, 0.15) is 17.7 Å². The van der Waals surface area contributed by atoms with Crippen LogP contribution in [0.25, 0.3) is 0 Å². The number of halogens is 2. The molecule has 2 amide bonds. The lowest BCUT2D eigenvalue weighted by Gasteiger charge is -2.24. The number of ketones is 1. The average Bonchev–Trinajstić information content (AvgIpc) is 3.18. The Hall–Kier alpha value is -2.70. The first kappa shape index (κ1) is 19.6. The van der Waals surface area contributed by atoms with E-state index < -0.39 is 23.8 Å². The van der Waals surface area contributed by atoms with E-state index in [1.54, 1.807) is 50.2 Å². The number of hydrogen-bond acceptors (Lipinski definition) is 5. The third kappa shape index (κ3) is 2.86. The van der Waals surface area contributed by atoms with Crippen molar-refractivity contribution in [3.8, 4) is 0 Å². The van der Waals surface area contributed by atoms with E-state index in [0.29, 0.717) is 32.5 Å². The first-order valence-electron chi connectivity index (χ1n) is 9.00. The standard InChI is InChI=1S/C21H17Cl2N3O3/c1-10-13(22)6-4-8-15(10)25-20(28)17-18(12(3)27)24-26(19(17)21(25)29)16-9-5-7-14(23)11(16)2/h4-9,17,19H,1-3H3/t17-,19+/m0/s1. The van der Waals surface area contributed by atoms with E-state index >= 15 is 0 Å². The average molecular weight is 430 g/mol. The number of benzene rings is 2. The largest absolute Gasteiger partial charge is 0.293 e. The van der Waals surface area contributed by atoms with E-state index in [-0.39, 0.29) is 11.5 Å². The lowest BCUT2D eigenvalue weighted by molar-refractivity contribution is -0.122. The highest BCUT2D eigenvalue weighted by molar-refractivity contribution is 6.49. The van der Waals surface area contributed by atoms with Gasteiger partial charge < -0.3 is 0 Å². The summed E-state index contributed by atoms with van der Waals surface area (Å²) in [6.45, 7) is 4.88. The highest BCUT2D eigenvalue weighted by Gasteiger charge is 2.58. The highest BCUT2D eigenvalue weighted by atomic mass is 35.5. The highest BCUT2D eigenvalue weighted by Crippen LogP contribution is 2.41. The number of rotatable bonds is 3. The normalized spacial score (nSPS) is 20.9. The molecule has 0 bridgehead atoms. The molecule has 29 heavy (non-hydrogen) atoms. The molecule has 1 saturated heterocycles. The first-order chi connectivity index (χ1) is 13.7. The van der Waals surface area contributed by atoms with Gasteiger partial charge >= 0.3 is 0 Å². The Balaban J connectivity index is 1.87. The topological polar surface area (TPSA) is 70.1 Å². The number of anilines is 2. The Morgan fingerprint density at radius 1 is 0.931 bits per heavy atom. The van der Waals surface area contributed by atoms with Crippen molar-refractivity contribution in [1.29, 1.82) is 0 Å². The molecule has 4 rings (SSSR count). The summed E-state index contributed by atoms with van der Waals surface area (Å²) < 4.78 is 0. The summed E-state index contributed by atoms with van der Waals surface area (Å²) >= 11 is 12.4. The van der Waals surface area contributed by atoms with Crippen LogP contribution < -0.4 is 9.91 Å². The SMILES string of the molecule is CC(=O)C1=NN(c2cccc(Cl)c2C)[C@H]2C(=O)N(c3cccc(Cl)c3C)C(=O)[C@@H]12. The predicted octanol–water partition coefficient (Wildman–Crippen LogP) is 3.93. The Morgan fingerprint density at radius 3 is 2.07 bits per heavy atom. The van der Waals surface area contributed by atoms with E-state index in [0.717, 1.165) is 4.90 Å². The second kappa shape index (κ2) is 6.97. The van der Waals surface area contributed by atoms with Crippen LogP contribution in [0.5, 0.6) is 0 Å². The van der Waals surface area contributed by atoms with E-state index in [4.69, 9.17) is 23.2 Å². The van der Waals surface area contributed by atoms with Gasteiger partial charge in [0.2, 0.25) is 5.91 Å². The van der Waals surface area contributed by atoms with Gasteiger partial charge in [0.25, 0.3) is 5.91 Å². The molecule has 0 aromatic heterocycles. The maximum atomic E-state index is 13.4. The molecule has 148 valence electrons. The van der Waals surface area contributed by atoms with Crippen LogP contribution in [0.3, 0.4) is 0 Å². The zero-order valence-electron chi connectivity index (χ0n) is 15.9. The van der Waals surface area contributed by atoms with Gasteiger partial charge in [-0.25, -0.2) is 4.90 Å². The number of hydrazone groups is 1. The van der Waals surface area contributed by atoms with Crippen LogP contribution in [-0.4, -0.2) is 29.4 Å². The van der Waals surface area contributed by atoms with Crippen molar-refractivity contribution in [3.63, 3.8) is 0 Å². The Labute approximate surface area is 177 Å². The zero-order chi connectivity index (χ0) is 21.0. The third-order valence-corrected chi connectivity index (χ3v) is 6.19. The Bertz CT molecular complexity index is 1110. The van der Waals surface area contributed by atoms with Crippen molar-refractivity contribution >= 4 is 57.9 Å². The van der Waals surface area contributed by atoms with Crippen molar-refractivity contribution in [2.45, 2.75) is 26.8 Å². The molecule has 1 fully saturated rings. The maximum Gasteiger partial charge on any atom is 0.259 e. The molecule has 0 saturated carbocycles. The molecule has 2 aromatic rings. The van der Waals surface area contributed by atoms with Crippen molar-refractivity contribution < 1.29 is 14.4 Å². The van der Waals surface area contributed by atoms with Crippen molar-refractivity contribution in [3.05, 3.63) is 57.6 Å². The fraction of sp³-hybridized carbons (Fsp3) is 0.238. The van der Waals surface area contributed by atoms with Gasteiger partial charge in [-0.1, -0.05) is 35.3 Å². The van der Waals surface area contributed by atoms with E-state index in [1.807, 2.05) is 0 Å². The number of carbonyl (C=O) groups excluding carboxylic acids is 3. The number of Topliss-reactive ketones (excluding diaryl/α,β-unsaturated/α-hetero) is 1. The van der Waals surface area contributed by atoms with Crippen molar-refractivity contribution in [1.82, 2.24) is 0 Å². The molecule has 2 aliphatic rings. The fourth-order valence-electron chi connectivity index (χ4n) is 3.82. The molecular formula is C21H17Cl2N3O3. The molecule has 2 heterocycles. The van der Waals surface area contributed by atoms with Gasteiger partial charge in [0, 0.05) is 17.0 Å². The molecule has 0 aliphatic carbocycles. The molecular weight excluding hydrogens is 413 g/mol. The maximum absolute atomic E-state index is 13.4. The summed E-state index contributed by atoms with van der Waals surface area (Å²) in [5.41, 5.74) is 2.37. The smallest absolute Gasteiger partial charge is 0.259 e. The minimum absolute atomic E-state index is 0.0647. The summed E-state index contributed by atoms with van der Waals surface area (Å²) in [4.78, 5) is 40.1. The molecule has 0 spiro atoms. The molecule has 2 aromatic carbocycles. The van der Waals surface area contributed by atoms with Gasteiger partial charge in [-0.05, 0) is 49.2 Å². The van der Waals surface area contributed by atoms with Crippen LogP contribution in [0, 0.1) is 19.8 Å². The molecule has 2 atom stereocenters. The van der Waals surface area contributed by atoms with E-state index in [1.165, 1.54) is 11.9 Å². The Morgan fingerprint density at radius 2 is 1.48 bits per heavy atom. The predicted molar refractivity (Wildman–Crippen MR) is 113 cm³/mol. The van der Waals surface area contributed by atoms with E-state index in [2.05, 4.69) is 5.10 Å². The van der Waals surface area contributed by atoms with Crippen LogP contribution in [0.4, 0.5) is 11.4 Å². The van der Waals surface area contributed by atoms with E-state index in [9.17, 15) is 14.4 Å². The van der Waals surface area contributed by atoms with Gasteiger partial charge in [-0.3, -0.25) is 19.4 Å². The molecule has 0 radical (unpaired) electrons. The zero-order valence-corrected chi connectivity index (χ0v) is 17.5. The van der Waals surface area contributed by atoms with Crippen molar-refractivity contribution in [2.24, 2.45) is 11.0 Å². The summed E-state index contributed by atoms with van der Waals surface area (Å²) in [5.74, 6) is -2.27. The Kier molecular flexibility index (Phi) is 4.71. The monoisotopic (exact) mass is 429 g/mol. The van der Waals surface area contributed by atoms with Gasteiger partial charge in [0.15, 0.2) is 5.78 Å². The lowest BCUT2D eigenvalue weighted by atomic mass is 9.95. The molecule has 2 aliphatic heterocycles. The second-order valence-electron chi connectivity index (χ2n) is 7.09. The number of imide groups is 1. The number of carbonyl (C=O) groups is 3. The molecule has 0 N–H and O–H groups in total.